The minimum atomic E-state index is -1.90. The summed E-state index contributed by atoms with van der Waals surface area (Å²) in [7, 11) is -1.90. The van der Waals surface area contributed by atoms with Crippen molar-refractivity contribution in [2.24, 2.45) is 0 Å². The predicted molar refractivity (Wildman–Crippen MR) is 302 cm³/mol. The van der Waals surface area contributed by atoms with Gasteiger partial charge in [0.1, 0.15) is 0 Å². The standard InChI is InChI=1S/C63H77BN2SSi/c1-36-29-37(57(2,3)4)19-22-47(36)65-49-30-38(68(16,17)18)31-50-53(49)64(56-54(65)39-32-41-44(35-51(39)67-56)62(13,14)26-23-59(41,7)8)46-21-20-40-52-55(46)66(50)48-34-43-42(60(9,10)24-25-61(43,11)12)33-45(48)63(52,15)28-27-58(40,5)6/h19-22,29-35H,23-28H2,1-18H3. The maximum Gasteiger partial charge on any atom is 0.264 e. The highest BCUT2D eigenvalue weighted by molar-refractivity contribution is 7.33. The van der Waals surface area contributed by atoms with Gasteiger partial charge in [-0.25, -0.2) is 0 Å². The van der Waals surface area contributed by atoms with E-state index >= 15 is 0 Å². The monoisotopic (exact) mass is 933 g/mol. The fourth-order valence-electron chi connectivity index (χ4n) is 14.4. The first kappa shape index (κ1) is 45.1. The van der Waals surface area contributed by atoms with Gasteiger partial charge >= 0.3 is 0 Å². The SMILES string of the molecule is Cc1cc(C(C)(C)C)ccc1N1c2cc([Si](C)(C)C)cc3c2B(c2ccc4c5c2N3c2cc3c(cc2C5(C)CCC4(C)C)C(C)(C)CCC3(C)C)c2sc3cc4c(cc3c21)C(C)(C)CCC4(C)C. The summed E-state index contributed by atoms with van der Waals surface area (Å²) in [5, 5.41) is 2.96. The molecule has 12 rings (SSSR count). The molecule has 6 aromatic rings. The minimum Gasteiger partial charge on any atom is -0.311 e. The fraction of sp³-hybridized carbons (Fsp3) is 0.492. The summed E-state index contributed by atoms with van der Waals surface area (Å²) < 4.78 is 2.95. The molecule has 0 N–H and O–H groups in total. The number of aryl methyl sites for hydroxylation is 1. The zero-order valence-electron chi connectivity index (χ0n) is 45.0. The van der Waals surface area contributed by atoms with Crippen molar-refractivity contribution < 1.29 is 0 Å². The Labute approximate surface area is 415 Å². The highest BCUT2D eigenvalue weighted by atomic mass is 32.1. The van der Waals surface area contributed by atoms with Crippen LogP contribution >= 0.6 is 11.3 Å². The molecule has 6 aliphatic rings. The topological polar surface area (TPSA) is 6.48 Å². The third-order valence-corrected chi connectivity index (χ3v) is 22.5. The Morgan fingerprint density at radius 2 is 1.06 bits per heavy atom. The van der Waals surface area contributed by atoms with Gasteiger partial charge in [0.25, 0.3) is 6.71 Å². The lowest BCUT2D eigenvalue weighted by molar-refractivity contribution is 0.327. The summed E-state index contributed by atoms with van der Waals surface area (Å²) in [5.74, 6) is 0. The van der Waals surface area contributed by atoms with E-state index in [0.29, 0.717) is 0 Å². The Hall–Kier alpha value is -4.06. The summed E-state index contributed by atoms with van der Waals surface area (Å²) in [6.45, 7) is 45.1. The summed E-state index contributed by atoms with van der Waals surface area (Å²) in [4.78, 5) is 5.67. The molecule has 1 atom stereocenters. The maximum absolute atomic E-state index is 2.87. The van der Waals surface area contributed by atoms with E-state index in [4.69, 9.17) is 0 Å². The molecule has 0 radical (unpaired) electrons. The van der Waals surface area contributed by atoms with E-state index < -0.39 is 8.07 Å². The number of thiophene rings is 1. The van der Waals surface area contributed by atoms with Crippen LogP contribution < -0.4 is 30.7 Å². The van der Waals surface area contributed by atoms with E-state index in [1.807, 2.05) is 0 Å². The van der Waals surface area contributed by atoms with E-state index in [9.17, 15) is 0 Å². The van der Waals surface area contributed by atoms with Gasteiger partial charge in [-0.3, -0.25) is 0 Å². The molecule has 3 aliphatic carbocycles. The molecule has 0 saturated heterocycles. The smallest absolute Gasteiger partial charge is 0.264 e. The lowest BCUT2D eigenvalue weighted by atomic mass is 9.35. The number of hydrogen-bond acceptors (Lipinski definition) is 3. The molecule has 352 valence electrons. The van der Waals surface area contributed by atoms with Crippen molar-refractivity contribution in [3.05, 3.63) is 117 Å². The van der Waals surface area contributed by atoms with E-state index in [2.05, 4.69) is 211 Å². The summed E-state index contributed by atoms with van der Waals surface area (Å²) in [6.07, 6.45) is 7.20. The van der Waals surface area contributed by atoms with Gasteiger partial charge in [0, 0.05) is 43.0 Å². The van der Waals surface area contributed by atoms with E-state index in [0.717, 1.165) is 6.42 Å². The van der Waals surface area contributed by atoms with Gasteiger partial charge in [0.2, 0.25) is 0 Å². The van der Waals surface area contributed by atoms with Crippen LogP contribution in [0, 0.1) is 6.92 Å². The van der Waals surface area contributed by atoms with Gasteiger partial charge in [-0.05, 0) is 175 Å². The van der Waals surface area contributed by atoms with Crippen LogP contribution in [0.3, 0.4) is 0 Å². The van der Waals surface area contributed by atoms with Crippen LogP contribution in [0.5, 0.6) is 0 Å². The van der Waals surface area contributed by atoms with Crippen LogP contribution in [0.25, 0.3) is 10.1 Å². The molecule has 1 aromatic heterocycles. The van der Waals surface area contributed by atoms with E-state index in [1.165, 1.54) is 108 Å². The Bertz CT molecular complexity index is 3230. The Morgan fingerprint density at radius 3 is 1.63 bits per heavy atom. The molecule has 68 heavy (non-hydrogen) atoms. The van der Waals surface area contributed by atoms with Gasteiger partial charge in [-0.15, -0.1) is 11.3 Å². The molecule has 5 heteroatoms. The van der Waals surface area contributed by atoms with Gasteiger partial charge in [0.05, 0.1) is 19.4 Å². The first-order valence-electron chi connectivity index (χ1n) is 26.4. The summed E-state index contributed by atoms with van der Waals surface area (Å²) in [6, 6.07) is 28.9. The van der Waals surface area contributed by atoms with Crippen molar-refractivity contribution in [2.45, 2.75) is 200 Å². The maximum atomic E-state index is 2.87. The summed E-state index contributed by atoms with van der Waals surface area (Å²) >= 11 is 2.11. The fourth-order valence-corrected chi connectivity index (χ4v) is 16.9. The van der Waals surface area contributed by atoms with Crippen LogP contribution in [-0.4, -0.2) is 14.8 Å². The second-order valence-electron chi connectivity index (χ2n) is 28.3. The van der Waals surface area contributed by atoms with E-state index in [-0.39, 0.29) is 44.6 Å². The van der Waals surface area contributed by atoms with Crippen molar-refractivity contribution in [1.82, 2.24) is 0 Å². The lowest BCUT2D eigenvalue weighted by Crippen LogP contribution is -2.63. The highest BCUT2D eigenvalue weighted by Crippen LogP contribution is 2.63. The second kappa shape index (κ2) is 13.5. The Morgan fingerprint density at radius 1 is 0.529 bits per heavy atom. The normalized spacial score (nSPS) is 22.8. The predicted octanol–water partition coefficient (Wildman–Crippen LogP) is 15.5. The molecule has 0 fully saturated rings. The molecular weight excluding hydrogens is 856 g/mol. The highest BCUT2D eigenvalue weighted by Gasteiger charge is 2.55. The average Bonchev–Trinajstić information content (AvgIpc) is 3.62. The number of anilines is 6. The van der Waals surface area contributed by atoms with Gasteiger partial charge < -0.3 is 9.80 Å². The van der Waals surface area contributed by atoms with Crippen LogP contribution in [0.1, 0.15) is 186 Å². The minimum absolute atomic E-state index is 0.0570. The molecule has 3 aliphatic heterocycles. The molecule has 4 heterocycles. The Balaban J connectivity index is 1.26. The number of nitrogens with zero attached hydrogens (tertiary/aromatic N) is 2. The van der Waals surface area contributed by atoms with Crippen molar-refractivity contribution in [3.8, 4) is 0 Å². The number of fused-ring (bicyclic) bond motifs is 11. The largest absolute Gasteiger partial charge is 0.311 e. The second-order valence-corrected chi connectivity index (χ2v) is 34.5. The van der Waals surface area contributed by atoms with E-state index in [1.54, 1.807) is 38.9 Å². The molecule has 0 spiro atoms. The zero-order valence-corrected chi connectivity index (χ0v) is 46.8. The lowest BCUT2D eigenvalue weighted by Gasteiger charge is -2.55. The van der Waals surface area contributed by atoms with Crippen molar-refractivity contribution >= 4 is 91.2 Å². The van der Waals surface area contributed by atoms with Crippen LogP contribution in [-0.2, 0) is 37.9 Å². The molecular formula is C63H77BN2SSi. The third kappa shape index (κ3) is 5.93. The first-order chi connectivity index (χ1) is 31.5. The van der Waals surface area contributed by atoms with Gasteiger partial charge in [-0.1, -0.05) is 152 Å². The summed E-state index contributed by atoms with van der Waals surface area (Å²) in [5.41, 5.74) is 25.7. The molecule has 1 unspecified atom stereocenters. The van der Waals surface area contributed by atoms with Crippen LogP contribution in [0.4, 0.5) is 34.1 Å². The first-order valence-corrected chi connectivity index (χ1v) is 30.7. The zero-order chi connectivity index (χ0) is 48.6. The molecule has 5 aromatic carbocycles. The number of rotatable bonds is 2. The van der Waals surface area contributed by atoms with Gasteiger partial charge in [0.15, 0.2) is 0 Å². The number of hydrogen-bond donors (Lipinski definition) is 0. The van der Waals surface area contributed by atoms with Gasteiger partial charge in [-0.2, -0.15) is 0 Å². The van der Waals surface area contributed by atoms with Crippen molar-refractivity contribution in [3.63, 3.8) is 0 Å². The van der Waals surface area contributed by atoms with Crippen molar-refractivity contribution in [2.75, 3.05) is 9.80 Å². The van der Waals surface area contributed by atoms with Crippen LogP contribution in [0.15, 0.2) is 66.7 Å². The quantitative estimate of drug-likeness (QED) is 0.159. The third-order valence-electron chi connectivity index (χ3n) is 19.3. The average molecular weight is 933 g/mol. The molecule has 0 amide bonds. The molecule has 0 saturated carbocycles. The number of benzene rings is 5. The molecule has 2 nitrogen and oxygen atoms in total. The Kier molecular flexibility index (Phi) is 8.93. The van der Waals surface area contributed by atoms with Crippen molar-refractivity contribution in [1.29, 1.82) is 0 Å². The molecule has 0 bridgehead atoms. The van der Waals surface area contributed by atoms with Crippen LogP contribution in [0.2, 0.25) is 19.6 Å².